The number of esters is 1. The summed E-state index contributed by atoms with van der Waals surface area (Å²) >= 11 is 0. The molecule has 0 spiro atoms. The van der Waals surface area contributed by atoms with Gasteiger partial charge in [-0.25, -0.2) is 13.9 Å². The minimum absolute atomic E-state index is 0.109. The highest BCUT2D eigenvalue weighted by Gasteiger charge is 2.47. The fourth-order valence-corrected chi connectivity index (χ4v) is 6.15. The molecule has 2 aliphatic rings. The Morgan fingerprint density at radius 3 is 2.32 bits per heavy atom. The number of aryl methyl sites for hydroxylation is 1. The molecule has 1 heterocycles. The number of nitrogens with zero attached hydrogens (tertiary/aromatic N) is 2. The predicted octanol–water partition coefficient (Wildman–Crippen LogP) is 7.11. The van der Waals surface area contributed by atoms with Gasteiger partial charge in [0, 0.05) is 5.92 Å². The number of carbonyl (C=O) groups excluding carboxylic acids is 1. The minimum atomic E-state index is -4.40. The molecule has 0 amide bonds. The van der Waals surface area contributed by atoms with Crippen LogP contribution in [0.4, 0.5) is 13.2 Å². The number of halogens is 3. The van der Waals surface area contributed by atoms with Crippen molar-refractivity contribution in [2.75, 3.05) is 0 Å². The molecular weight excluding hydrogens is 477 g/mol. The minimum Gasteiger partial charge on any atom is -0.459 e. The Morgan fingerprint density at radius 2 is 1.70 bits per heavy atom. The van der Waals surface area contributed by atoms with Gasteiger partial charge < -0.3 is 4.74 Å². The highest BCUT2D eigenvalue weighted by Crippen LogP contribution is 2.45. The summed E-state index contributed by atoms with van der Waals surface area (Å²) in [5.74, 6) is 1.92. The van der Waals surface area contributed by atoms with Gasteiger partial charge in [0.25, 0.3) is 5.82 Å². The number of imidazole rings is 1. The number of ether oxygens (including phenoxy) is 1. The van der Waals surface area contributed by atoms with Gasteiger partial charge in [-0.3, -0.25) is 0 Å². The van der Waals surface area contributed by atoms with E-state index in [1.807, 2.05) is 40.4 Å². The molecule has 7 heteroatoms. The number of hydrogen-bond acceptors (Lipinski definition) is 2. The van der Waals surface area contributed by atoms with Crippen LogP contribution in [0.5, 0.6) is 0 Å². The predicted molar refractivity (Wildman–Crippen MR) is 137 cm³/mol. The topological polar surface area (TPSA) is 35.1 Å². The van der Waals surface area contributed by atoms with Crippen LogP contribution in [-0.4, -0.2) is 16.6 Å². The van der Waals surface area contributed by atoms with Crippen molar-refractivity contribution in [3.05, 3.63) is 54.1 Å². The van der Waals surface area contributed by atoms with E-state index in [2.05, 4.69) is 20.8 Å². The summed E-state index contributed by atoms with van der Waals surface area (Å²) < 4.78 is 50.1. The summed E-state index contributed by atoms with van der Waals surface area (Å²) in [4.78, 5) is 14.0. The smallest absolute Gasteiger partial charge is 0.416 e. The quantitative estimate of drug-likeness (QED) is 0.260. The average Bonchev–Trinajstić information content (AvgIpc) is 3.63. The van der Waals surface area contributed by atoms with Crippen molar-refractivity contribution in [2.24, 2.45) is 30.7 Å². The molecule has 1 unspecified atom stereocenters. The second kappa shape index (κ2) is 9.80. The Labute approximate surface area is 216 Å². The molecule has 198 valence electrons. The van der Waals surface area contributed by atoms with Crippen LogP contribution in [0, 0.1) is 23.7 Å². The lowest BCUT2D eigenvalue weighted by Crippen LogP contribution is -2.39. The van der Waals surface area contributed by atoms with E-state index in [1.165, 1.54) is 12.1 Å². The van der Waals surface area contributed by atoms with Gasteiger partial charge in [0.1, 0.15) is 6.10 Å². The van der Waals surface area contributed by atoms with Gasteiger partial charge in [-0.05, 0) is 79.8 Å². The van der Waals surface area contributed by atoms with E-state index in [0.29, 0.717) is 29.1 Å². The van der Waals surface area contributed by atoms with Crippen LogP contribution in [-0.2, 0) is 22.8 Å². The third-order valence-electron chi connectivity index (χ3n) is 8.34. The number of alkyl halides is 3. The highest BCUT2D eigenvalue weighted by atomic mass is 19.4. The summed E-state index contributed by atoms with van der Waals surface area (Å²) in [6, 6.07) is 12.5. The Morgan fingerprint density at radius 1 is 1.03 bits per heavy atom. The third-order valence-corrected chi connectivity index (χ3v) is 8.34. The maximum absolute atomic E-state index is 14.0. The van der Waals surface area contributed by atoms with Crippen molar-refractivity contribution in [1.82, 2.24) is 4.57 Å². The van der Waals surface area contributed by atoms with Crippen LogP contribution < -0.4 is 4.57 Å². The molecule has 2 fully saturated rings. The molecule has 0 N–H and O–H groups in total. The number of fused-ring (bicyclic) bond motifs is 1. The van der Waals surface area contributed by atoms with Gasteiger partial charge in [0.2, 0.25) is 6.04 Å². The average molecular weight is 514 g/mol. The standard InChI is InChI=1S/C30H36F3N2O2/c1-18(2)23-16-9-19(3)17-26(23)37-29(36)27(20-10-11-20)35-25-8-6-5-7-24(25)34(4)28(35)21-12-14-22(15-13-21)30(31,32)33/h5-8,12-15,18-20,23,26-27H,9-11,16-17H2,1-4H3/q+1/t19-,23+,26?,27-/m1/s1. The number of carbonyl (C=O) groups is 1. The second-order valence-corrected chi connectivity index (χ2v) is 11.4. The number of hydrogen-bond donors (Lipinski definition) is 0. The maximum atomic E-state index is 14.0. The van der Waals surface area contributed by atoms with Gasteiger partial charge in [-0.1, -0.05) is 39.3 Å². The van der Waals surface area contributed by atoms with Crippen molar-refractivity contribution in [3.8, 4) is 11.4 Å². The Hall–Kier alpha value is -2.83. The maximum Gasteiger partial charge on any atom is 0.416 e. The molecule has 0 aliphatic heterocycles. The molecule has 0 radical (unpaired) electrons. The SMILES string of the molecule is CC(C)[C@@H]1CC[C@@H](C)CC1OC(=O)[C@@H](C1CC1)n1c(-c2ccc(C(F)(F)F)cc2)[n+](C)c2ccccc21. The number of benzene rings is 2. The largest absolute Gasteiger partial charge is 0.459 e. The van der Waals surface area contributed by atoms with Crippen LogP contribution in [0.25, 0.3) is 22.4 Å². The van der Waals surface area contributed by atoms with Crippen molar-refractivity contribution in [3.63, 3.8) is 0 Å². The lowest BCUT2D eigenvalue weighted by Gasteiger charge is -2.37. The molecule has 2 saturated carbocycles. The lowest BCUT2D eigenvalue weighted by molar-refractivity contribution is -0.634. The van der Waals surface area contributed by atoms with E-state index < -0.39 is 17.8 Å². The molecule has 37 heavy (non-hydrogen) atoms. The van der Waals surface area contributed by atoms with Crippen molar-refractivity contribution < 1.29 is 27.3 Å². The summed E-state index contributed by atoms with van der Waals surface area (Å²) in [7, 11) is 1.90. The van der Waals surface area contributed by atoms with Crippen LogP contribution in [0.3, 0.4) is 0 Å². The molecule has 0 bridgehead atoms. The lowest BCUT2D eigenvalue weighted by atomic mass is 9.75. The zero-order chi connectivity index (χ0) is 26.5. The fourth-order valence-electron chi connectivity index (χ4n) is 6.15. The first-order chi connectivity index (χ1) is 17.6. The summed E-state index contributed by atoms with van der Waals surface area (Å²) in [5, 5.41) is 0. The first kappa shape index (κ1) is 25.8. The normalized spacial score (nSPS) is 23.4. The number of para-hydroxylation sites is 2. The summed E-state index contributed by atoms with van der Waals surface area (Å²) in [6.07, 6.45) is 0.425. The van der Waals surface area contributed by atoms with E-state index >= 15 is 0 Å². The fraction of sp³-hybridized carbons (Fsp3) is 0.533. The number of aromatic nitrogens is 2. The monoisotopic (exact) mass is 513 g/mol. The van der Waals surface area contributed by atoms with Crippen molar-refractivity contribution in [1.29, 1.82) is 0 Å². The first-order valence-corrected chi connectivity index (χ1v) is 13.4. The van der Waals surface area contributed by atoms with Crippen LogP contribution in [0.1, 0.15) is 64.5 Å². The molecule has 4 atom stereocenters. The first-order valence-electron chi connectivity index (χ1n) is 13.4. The zero-order valence-corrected chi connectivity index (χ0v) is 22.0. The Balaban J connectivity index is 1.58. The molecule has 0 saturated heterocycles. The second-order valence-electron chi connectivity index (χ2n) is 11.4. The van der Waals surface area contributed by atoms with Gasteiger partial charge >= 0.3 is 12.1 Å². The molecule has 4 nitrogen and oxygen atoms in total. The van der Waals surface area contributed by atoms with Gasteiger partial charge in [0.05, 0.1) is 18.2 Å². The van der Waals surface area contributed by atoms with E-state index in [4.69, 9.17) is 4.74 Å². The van der Waals surface area contributed by atoms with Gasteiger partial charge in [-0.2, -0.15) is 13.2 Å². The number of rotatable bonds is 6. The Kier molecular flexibility index (Phi) is 6.84. The summed E-state index contributed by atoms with van der Waals surface area (Å²) in [6.45, 7) is 6.61. The third kappa shape index (κ3) is 5.01. The van der Waals surface area contributed by atoms with Gasteiger partial charge in [-0.15, -0.1) is 0 Å². The van der Waals surface area contributed by atoms with Crippen molar-refractivity contribution >= 4 is 17.0 Å². The van der Waals surface area contributed by atoms with E-state index in [9.17, 15) is 18.0 Å². The van der Waals surface area contributed by atoms with E-state index in [-0.39, 0.29) is 18.0 Å². The Bertz CT molecular complexity index is 1270. The molecular formula is C30H36F3N2O2+. The molecule has 5 rings (SSSR count). The van der Waals surface area contributed by atoms with Crippen LogP contribution in [0.15, 0.2) is 48.5 Å². The zero-order valence-electron chi connectivity index (χ0n) is 22.0. The van der Waals surface area contributed by atoms with Crippen molar-refractivity contribution in [2.45, 2.75) is 71.2 Å². The van der Waals surface area contributed by atoms with E-state index in [0.717, 1.165) is 55.3 Å². The molecule has 1 aromatic heterocycles. The summed E-state index contributed by atoms with van der Waals surface area (Å²) in [5.41, 5.74) is 1.75. The van der Waals surface area contributed by atoms with Crippen LogP contribution >= 0.6 is 0 Å². The van der Waals surface area contributed by atoms with Gasteiger partial charge in [0.15, 0.2) is 11.0 Å². The molecule has 2 aromatic carbocycles. The van der Waals surface area contributed by atoms with E-state index in [1.54, 1.807) is 0 Å². The highest BCUT2D eigenvalue weighted by molar-refractivity contribution is 5.82. The molecule has 2 aliphatic carbocycles. The van der Waals surface area contributed by atoms with Crippen LogP contribution in [0.2, 0.25) is 0 Å². The molecule has 3 aromatic rings.